The van der Waals surface area contributed by atoms with E-state index in [4.69, 9.17) is 14.2 Å². The number of unbranched alkanes of at least 4 members (excludes halogenated alkanes) is 2. The molecule has 5 nitrogen and oxygen atoms in total. The summed E-state index contributed by atoms with van der Waals surface area (Å²) in [5, 5.41) is 3.52. The van der Waals surface area contributed by atoms with Crippen LogP contribution in [-0.2, 0) is 9.53 Å². The molecule has 1 N–H and O–H groups in total. The Balaban J connectivity index is 1.78. The largest absolute Gasteiger partial charge is 0.469 e. The predicted octanol–water partition coefficient (Wildman–Crippen LogP) is 2.84. The molecule has 0 bridgehead atoms. The average molecular weight is 319 g/mol. The minimum atomic E-state index is -0.141. The molecule has 1 aromatic carbocycles. The number of rotatable bonds is 6. The Bertz CT molecular complexity index is 560. The third-order valence-electron chi connectivity index (χ3n) is 4.88. The predicted molar refractivity (Wildman–Crippen MR) is 86.7 cm³/mol. The molecule has 23 heavy (non-hydrogen) atoms. The van der Waals surface area contributed by atoms with Crippen LogP contribution in [0.5, 0.6) is 11.5 Å². The fourth-order valence-electron chi connectivity index (χ4n) is 3.64. The van der Waals surface area contributed by atoms with Crippen molar-refractivity contribution in [1.82, 2.24) is 5.32 Å². The van der Waals surface area contributed by atoms with E-state index in [1.165, 1.54) is 20.0 Å². The standard InChI is InChI=1S/C18H25NO4/c1-3-4-5-6-14-17(18(20)21-2)13(10-19-14)12-7-8-15-16(9-12)23-11-22-15/h7-9,13-14,17,19H,3-6,10-11H2,1-2H3/t13-,14-,17+/m1/s1. The van der Waals surface area contributed by atoms with Gasteiger partial charge in [-0.05, 0) is 24.1 Å². The molecule has 0 saturated carbocycles. The van der Waals surface area contributed by atoms with Crippen molar-refractivity contribution in [2.24, 2.45) is 5.92 Å². The van der Waals surface area contributed by atoms with Gasteiger partial charge in [-0.25, -0.2) is 0 Å². The molecule has 0 amide bonds. The van der Waals surface area contributed by atoms with Crippen molar-refractivity contribution >= 4 is 5.97 Å². The summed E-state index contributed by atoms with van der Waals surface area (Å²) in [6.07, 6.45) is 4.52. The van der Waals surface area contributed by atoms with E-state index in [0.717, 1.165) is 36.4 Å². The van der Waals surface area contributed by atoms with Crippen molar-refractivity contribution in [2.45, 2.75) is 44.6 Å². The topological polar surface area (TPSA) is 56.8 Å². The van der Waals surface area contributed by atoms with Crippen LogP contribution < -0.4 is 14.8 Å². The monoisotopic (exact) mass is 319 g/mol. The highest BCUT2D eigenvalue weighted by molar-refractivity contribution is 5.75. The number of hydrogen-bond acceptors (Lipinski definition) is 5. The van der Waals surface area contributed by atoms with E-state index in [1.54, 1.807) is 0 Å². The van der Waals surface area contributed by atoms with Crippen LogP contribution in [0, 0.1) is 5.92 Å². The minimum Gasteiger partial charge on any atom is -0.469 e. The van der Waals surface area contributed by atoms with E-state index in [0.29, 0.717) is 0 Å². The fourth-order valence-corrected chi connectivity index (χ4v) is 3.64. The number of ether oxygens (including phenoxy) is 3. The number of hydrogen-bond donors (Lipinski definition) is 1. The molecule has 1 aromatic rings. The number of benzene rings is 1. The summed E-state index contributed by atoms with van der Waals surface area (Å²) in [5.41, 5.74) is 1.11. The number of esters is 1. The third-order valence-corrected chi connectivity index (χ3v) is 4.88. The van der Waals surface area contributed by atoms with Crippen LogP contribution in [-0.4, -0.2) is 32.5 Å². The van der Waals surface area contributed by atoms with Crippen molar-refractivity contribution < 1.29 is 19.0 Å². The first kappa shape index (κ1) is 16.1. The number of carbonyl (C=O) groups excluding carboxylic acids is 1. The normalized spacial score (nSPS) is 25.6. The van der Waals surface area contributed by atoms with Crippen LogP contribution in [0.3, 0.4) is 0 Å². The molecular formula is C18H25NO4. The van der Waals surface area contributed by atoms with Gasteiger partial charge in [-0.3, -0.25) is 4.79 Å². The SMILES string of the molecule is CCCCC[C@H]1NC[C@H](c2ccc3c(c2)OCO3)[C@@H]1C(=O)OC. The smallest absolute Gasteiger partial charge is 0.310 e. The molecule has 1 saturated heterocycles. The maximum atomic E-state index is 12.4. The second-order valence-corrected chi connectivity index (χ2v) is 6.28. The van der Waals surface area contributed by atoms with Gasteiger partial charge < -0.3 is 19.5 Å². The molecular weight excluding hydrogens is 294 g/mol. The van der Waals surface area contributed by atoms with Crippen molar-refractivity contribution in [2.75, 3.05) is 20.4 Å². The van der Waals surface area contributed by atoms with E-state index in [9.17, 15) is 4.79 Å². The molecule has 0 unspecified atom stereocenters. The Hall–Kier alpha value is -1.75. The van der Waals surface area contributed by atoms with E-state index in [2.05, 4.69) is 12.2 Å². The Morgan fingerprint density at radius 1 is 1.30 bits per heavy atom. The van der Waals surface area contributed by atoms with Crippen molar-refractivity contribution in [3.05, 3.63) is 23.8 Å². The maximum Gasteiger partial charge on any atom is 0.310 e. The minimum absolute atomic E-state index is 0.114. The first-order chi connectivity index (χ1) is 11.2. The fraction of sp³-hybridized carbons (Fsp3) is 0.611. The summed E-state index contributed by atoms with van der Waals surface area (Å²) in [4.78, 5) is 12.4. The first-order valence-electron chi connectivity index (χ1n) is 8.45. The molecule has 3 atom stereocenters. The first-order valence-corrected chi connectivity index (χ1v) is 8.45. The summed E-state index contributed by atoms with van der Waals surface area (Å²) in [6.45, 7) is 3.24. The van der Waals surface area contributed by atoms with Gasteiger partial charge in [0.25, 0.3) is 0 Å². The van der Waals surface area contributed by atoms with Crippen LogP contribution in [0.1, 0.15) is 44.1 Å². The summed E-state index contributed by atoms with van der Waals surface area (Å²) < 4.78 is 15.9. The van der Waals surface area contributed by atoms with Crippen LogP contribution in [0.4, 0.5) is 0 Å². The molecule has 126 valence electrons. The average Bonchev–Trinajstić information content (AvgIpc) is 3.20. The number of methoxy groups -OCH3 is 1. The summed E-state index contributed by atoms with van der Waals surface area (Å²) in [6, 6.07) is 6.14. The lowest BCUT2D eigenvalue weighted by Crippen LogP contribution is -2.33. The Kier molecular flexibility index (Phi) is 5.06. The van der Waals surface area contributed by atoms with E-state index < -0.39 is 0 Å². The highest BCUT2D eigenvalue weighted by atomic mass is 16.7. The van der Waals surface area contributed by atoms with Crippen molar-refractivity contribution in [1.29, 1.82) is 0 Å². The Morgan fingerprint density at radius 3 is 2.91 bits per heavy atom. The van der Waals surface area contributed by atoms with Gasteiger partial charge in [0.15, 0.2) is 11.5 Å². The second kappa shape index (κ2) is 7.21. The summed E-state index contributed by atoms with van der Waals surface area (Å²) >= 11 is 0. The van der Waals surface area contributed by atoms with E-state index in [1.807, 2.05) is 18.2 Å². The Morgan fingerprint density at radius 2 is 2.13 bits per heavy atom. The van der Waals surface area contributed by atoms with Gasteiger partial charge in [0.05, 0.1) is 13.0 Å². The van der Waals surface area contributed by atoms with Gasteiger partial charge in [-0.1, -0.05) is 32.3 Å². The molecule has 2 heterocycles. The molecule has 0 spiro atoms. The number of fused-ring (bicyclic) bond motifs is 1. The van der Waals surface area contributed by atoms with E-state index in [-0.39, 0.29) is 30.6 Å². The zero-order chi connectivity index (χ0) is 16.2. The van der Waals surface area contributed by atoms with Gasteiger partial charge in [0.1, 0.15) is 0 Å². The van der Waals surface area contributed by atoms with Crippen LogP contribution >= 0.6 is 0 Å². The number of carbonyl (C=O) groups is 1. The lowest BCUT2D eigenvalue weighted by Gasteiger charge is -2.22. The van der Waals surface area contributed by atoms with Crippen LogP contribution in [0.2, 0.25) is 0 Å². The van der Waals surface area contributed by atoms with Crippen LogP contribution in [0.25, 0.3) is 0 Å². The molecule has 1 fully saturated rings. The van der Waals surface area contributed by atoms with Gasteiger partial charge >= 0.3 is 5.97 Å². The van der Waals surface area contributed by atoms with Crippen LogP contribution in [0.15, 0.2) is 18.2 Å². The zero-order valence-electron chi connectivity index (χ0n) is 13.8. The van der Waals surface area contributed by atoms with Gasteiger partial charge in [-0.15, -0.1) is 0 Å². The quantitative estimate of drug-likeness (QED) is 0.645. The highest BCUT2D eigenvalue weighted by Crippen LogP contribution is 2.40. The van der Waals surface area contributed by atoms with Gasteiger partial charge in [0, 0.05) is 18.5 Å². The van der Waals surface area contributed by atoms with Gasteiger partial charge in [-0.2, -0.15) is 0 Å². The summed E-state index contributed by atoms with van der Waals surface area (Å²) in [7, 11) is 1.47. The zero-order valence-corrected chi connectivity index (χ0v) is 13.8. The van der Waals surface area contributed by atoms with Gasteiger partial charge in [0.2, 0.25) is 6.79 Å². The molecule has 5 heteroatoms. The summed E-state index contributed by atoms with van der Waals surface area (Å²) in [5.74, 6) is 1.38. The second-order valence-electron chi connectivity index (χ2n) is 6.28. The van der Waals surface area contributed by atoms with E-state index >= 15 is 0 Å². The molecule has 0 aromatic heterocycles. The molecule has 2 aliphatic rings. The maximum absolute atomic E-state index is 12.4. The van der Waals surface area contributed by atoms with Crippen molar-refractivity contribution in [3.8, 4) is 11.5 Å². The molecule has 2 aliphatic heterocycles. The number of nitrogens with one attached hydrogen (secondary N) is 1. The third kappa shape index (κ3) is 3.29. The molecule has 3 rings (SSSR count). The Labute approximate surface area is 137 Å². The lowest BCUT2D eigenvalue weighted by atomic mass is 9.83. The van der Waals surface area contributed by atoms with Crippen molar-refractivity contribution in [3.63, 3.8) is 0 Å². The highest BCUT2D eigenvalue weighted by Gasteiger charge is 2.42. The lowest BCUT2D eigenvalue weighted by molar-refractivity contribution is -0.146. The molecule has 0 aliphatic carbocycles. The molecule has 0 radical (unpaired) electrons.